The number of anilines is 2. The van der Waals surface area contributed by atoms with Crippen molar-refractivity contribution in [3.8, 4) is 0 Å². The molecule has 9 heteroatoms. The average Bonchev–Trinajstić information content (AvgIpc) is 2.73. The Morgan fingerprint density at radius 3 is 2.35 bits per heavy atom. The maximum absolute atomic E-state index is 12.5. The van der Waals surface area contributed by atoms with Crippen molar-refractivity contribution >= 4 is 27.4 Å². The number of morpholine rings is 1. The van der Waals surface area contributed by atoms with E-state index in [2.05, 4.69) is 19.9 Å². The van der Waals surface area contributed by atoms with Crippen LogP contribution in [0.25, 0.3) is 0 Å². The fourth-order valence-electron chi connectivity index (χ4n) is 3.42. The van der Waals surface area contributed by atoms with E-state index in [-0.39, 0.29) is 29.1 Å². The molecule has 1 amide bonds. The highest BCUT2D eigenvalue weighted by atomic mass is 32.2. The van der Waals surface area contributed by atoms with Gasteiger partial charge in [0.2, 0.25) is 10.0 Å². The first kappa shape index (κ1) is 23.2. The average molecular weight is 447 g/mol. The van der Waals surface area contributed by atoms with Gasteiger partial charge in [0, 0.05) is 24.7 Å². The summed E-state index contributed by atoms with van der Waals surface area (Å²) in [4.78, 5) is 19.3. The van der Waals surface area contributed by atoms with Crippen molar-refractivity contribution in [2.45, 2.75) is 57.3 Å². The van der Waals surface area contributed by atoms with Crippen LogP contribution >= 0.6 is 0 Å². The van der Waals surface area contributed by atoms with E-state index in [0.717, 1.165) is 18.9 Å². The molecule has 8 nitrogen and oxygen atoms in total. The molecule has 3 rings (SSSR count). The van der Waals surface area contributed by atoms with E-state index >= 15 is 0 Å². The van der Waals surface area contributed by atoms with Gasteiger partial charge in [-0.1, -0.05) is 6.92 Å². The van der Waals surface area contributed by atoms with Crippen LogP contribution in [-0.2, 0) is 14.8 Å². The number of aromatic nitrogens is 1. The molecule has 0 spiro atoms. The first-order valence-corrected chi connectivity index (χ1v) is 12.0. The van der Waals surface area contributed by atoms with Crippen LogP contribution in [-0.4, -0.2) is 50.6 Å². The summed E-state index contributed by atoms with van der Waals surface area (Å²) in [6, 6.07) is 9.38. The van der Waals surface area contributed by atoms with Crippen molar-refractivity contribution in [1.29, 1.82) is 0 Å². The summed E-state index contributed by atoms with van der Waals surface area (Å²) < 4.78 is 33.0. The zero-order chi connectivity index (χ0) is 22.6. The van der Waals surface area contributed by atoms with Crippen LogP contribution in [0.3, 0.4) is 0 Å². The predicted molar refractivity (Wildman–Crippen MR) is 121 cm³/mol. The lowest BCUT2D eigenvalue weighted by Gasteiger charge is -2.36. The summed E-state index contributed by atoms with van der Waals surface area (Å²) in [6.07, 6.45) is 2.58. The Bertz CT molecular complexity index is 983. The van der Waals surface area contributed by atoms with Gasteiger partial charge in [0.25, 0.3) is 5.91 Å². The molecular formula is C22H30N4O4S. The summed E-state index contributed by atoms with van der Waals surface area (Å²) in [5, 5.41) is 2.80. The molecule has 1 aromatic heterocycles. The lowest BCUT2D eigenvalue weighted by molar-refractivity contribution is -0.00545. The standard InChI is InChI=1S/C22H30N4O4S/c1-5-15(2)25-31(28,29)20-9-6-18(7-10-20)22(27)24-19-8-11-21(23-12-19)26-13-16(3)30-17(4)14-26/h6-12,15-17,25H,5,13-14H2,1-4H3,(H,24,27). The molecule has 31 heavy (non-hydrogen) atoms. The molecule has 1 aromatic carbocycles. The van der Waals surface area contributed by atoms with Gasteiger partial charge in [-0.05, 0) is 63.6 Å². The molecule has 0 aliphatic carbocycles. The number of rotatable bonds is 7. The SMILES string of the molecule is CCC(C)NS(=O)(=O)c1ccc(C(=O)Nc2ccc(N3CC(C)OC(C)C3)nc2)cc1. The lowest BCUT2D eigenvalue weighted by atomic mass is 10.2. The second-order valence-electron chi connectivity index (χ2n) is 7.98. The summed E-state index contributed by atoms with van der Waals surface area (Å²) >= 11 is 0. The molecule has 1 saturated heterocycles. The fourth-order valence-corrected chi connectivity index (χ4v) is 4.74. The van der Waals surface area contributed by atoms with Crippen LogP contribution in [0, 0.1) is 0 Å². The van der Waals surface area contributed by atoms with Gasteiger partial charge >= 0.3 is 0 Å². The quantitative estimate of drug-likeness (QED) is 0.678. The van der Waals surface area contributed by atoms with Crippen LogP contribution in [0.5, 0.6) is 0 Å². The second-order valence-corrected chi connectivity index (χ2v) is 9.69. The molecule has 2 N–H and O–H groups in total. The summed E-state index contributed by atoms with van der Waals surface area (Å²) in [7, 11) is -3.60. The van der Waals surface area contributed by atoms with E-state index in [1.165, 1.54) is 24.3 Å². The summed E-state index contributed by atoms with van der Waals surface area (Å²) in [5.74, 6) is 0.505. The molecule has 1 aliphatic rings. The number of nitrogens with zero attached hydrogens (tertiary/aromatic N) is 2. The molecular weight excluding hydrogens is 416 g/mol. The molecule has 168 valence electrons. The number of carbonyl (C=O) groups excluding carboxylic acids is 1. The van der Waals surface area contributed by atoms with E-state index in [4.69, 9.17) is 4.74 Å². The molecule has 1 aliphatic heterocycles. The van der Waals surface area contributed by atoms with Crippen molar-refractivity contribution in [2.24, 2.45) is 0 Å². The number of nitrogens with one attached hydrogen (secondary N) is 2. The van der Waals surface area contributed by atoms with Gasteiger partial charge in [0.1, 0.15) is 5.82 Å². The number of sulfonamides is 1. The lowest BCUT2D eigenvalue weighted by Crippen LogP contribution is -2.45. The zero-order valence-electron chi connectivity index (χ0n) is 18.3. The third-order valence-corrected chi connectivity index (χ3v) is 6.75. The highest BCUT2D eigenvalue weighted by Gasteiger charge is 2.23. The number of pyridine rings is 1. The topological polar surface area (TPSA) is 101 Å². The van der Waals surface area contributed by atoms with Crippen molar-refractivity contribution in [3.63, 3.8) is 0 Å². The third-order valence-electron chi connectivity index (χ3n) is 5.14. The van der Waals surface area contributed by atoms with Gasteiger partial charge in [-0.2, -0.15) is 0 Å². The van der Waals surface area contributed by atoms with E-state index < -0.39 is 10.0 Å². The minimum atomic E-state index is -3.60. The first-order chi connectivity index (χ1) is 14.7. The highest BCUT2D eigenvalue weighted by Crippen LogP contribution is 2.20. The van der Waals surface area contributed by atoms with E-state index in [0.29, 0.717) is 17.7 Å². The molecule has 3 unspecified atom stereocenters. The summed E-state index contributed by atoms with van der Waals surface area (Å²) in [6.45, 7) is 9.32. The number of benzene rings is 1. The number of ether oxygens (including phenoxy) is 1. The number of hydrogen-bond acceptors (Lipinski definition) is 6. The Labute approximate surface area is 184 Å². The van der Waals surface area contributed by atoms with E-state index in [1.807, 2.05) is 26.8 Å². The van der Waals surface area contributed by atoms with E-state index in [1.54, 1.807) is 19.2 Å². The van der Waals surface area contributed by atoms with Gasteiger partial charge in [0.15, 0.2) is 0 Å². The number of amides is 1. The first-order valence-electron chi connectivity index (χ1n) is 10.5. The number of carbonyl (C=O) groups is 1. The van der Waals surface area contributed by atoms with Crippen molar-refractivity contribution in [2.75, 3.05) is 23.3 Å². The summed E-state index contributed by atoms with van der Waals surface area (Å²) in [5.41, 5.74) is 0.931. The van der Waals surface area contributed by atoms with Gasteiger partial charge in [-0.25, -0.2) is 18.1 Å². The largest absolute Gasteiger partial charge is 0.372 e. The molecule has 0 radical (unpaired) electrons. The molecule has 3 atom stereocenters. The van der Waals surface area contributed by atoms with Crippen LogP contribution in [0.4, 0.5) is 11.5 Å². The van der Waals surface area contributed by atoms with E-state index in [9.17, 15) is 13.2 Å². The Morgan fingerprint density at radius 2 is 1.81 bits per heavy atom. The third kappa shape index (κ3) is 6.03. The molecule has 1 fully saturated rings. The smallest absolute Gasteiger partial charge is 0.255 e. The van der Waals surface area contributed by atoms with Crippen LogP contribution in [0.2, 0.25) is 0 Å². The zero-order valence-corrected chi connectivity index (χ0v) is 19.1. The second kappa shape index (κ2) is 9.76. The van der Waals surface area contributed by atoms with Gasteiger partial charge in [-0.15, -0.1) is 0 Å². The Hall–Kier alpha value is -2.49. The molecule has 2 heterocycles. The van der Waals surface area contributed by atoms with Crippen molar-refractivity contribution in [3.05, 3.63) is 48.2 Å². The fraction of sp³-hybridized carbons (Fsp3) is 0.455. The minimum Gasteiger partial charge on any atom is -0.372 e. The van der Waals surface area contributed by atoms with Gasteiger partial charge in [0.05, 0.1) is 29.0 Å². The van der Waals surface area contributed by atoms with Crippen molar-refractivity contribution < 1.29 is 17.9 Å². The number of hydrogen-bond donors (Lipinski definition) is 2. The van der Waals surface area contributed by atoms with Crippen molar-refractivity contribution in [1.82, 2.24) is 9.71 Å². The van der Waals surface area contributed by atoms with Crippen LogP contribution in [0.15, 0.2) is 47.5 Å². The Kier molecular flexibility index (Phi) is 7.30. The Morgan fingerprint density at radius 1 is 1.16 bits per heavy atom. The molecule has 2 aromatic rings. The Balaban J connectivity index is 1.64. The molecule has 0 bridgehead atoms. The highest BCUT2D eigenvalue weighted by molar-refractivity contribution is 7.89. The monoisotopic (exact) mass is 446 g/mol. The minimum absolute atomic E-state index is 0.129. The predicted octanol–water partition coefficient (Wildman–Crippen LogP) is 3.02. The maximum atomic E-state index is 12.5. The van der Waals surface area contributed by atoms with Crippen LogP contribution in [0.1, 0.15) is 44.5 Å². The van der Waals surface area contributed by atoms with Crippen LogP contribution < -0.4 is 14.9 Å². The maximum Gasteiger partial charge on any atom is 0.255 e. The molecule has 0 saturated carbocycles. The normalized spacial score (nSPS) is 20.3. The van der Waals surface area contributed by atoms with Gasteiger partial charge in [-0.3, -0.25) is 4.79 Å². The van der Waals surface area contributed by atoms with Gasteiger partial charge < -0.3 is 15.0 Å².